The minimum absolute atomic E-state index is 0.110. The van der Waals surface area contributed by atoms with E-state index in [1.54, 1.807) is 6.20 Å². The summed E-state index contributed by atoms with van der Waals surface area (Å²) in [6.45, 7) is 3.78. The fraction of sp³-hybridized carbons (Fsp3) is 0.286. The van der Waals surface area contributed by atoms with Crippen molar-refractivity contribution < 1.29 is 28.9 Å². The third-order valence-corrected chi connectivity index (χ3v) is 7.41. The molecule has 4 aromatic rings. The van der Waals surface area contributed by atoms with Gasteiger partial charge in [0.25, 0.3) is 11.8 Å². The molecule has 0 radical (unpaired) electrons. The Hall–Kier alpha value is -4.12. The highest BCUT2D eigenvalue weighted by molar-refractivity contribution is 6.50. The highest BCUT2D eigenvalue weighted by atomic mass is 16.7. The standard InChI is InChI=1S/C28H26N4O6/c33-16(12-31-5-7-36-8-6-31)13-32-14-20(18-9-23-24(10-22(18)32)38-15-37-23)26-25(27(34)30-28(26)35)19-11-29-21-4-2-1-3-17(19)21/h1-4,9-11,14,16,29,33H,5-8,12-13,15H2,(H,30,34,35). The van der Waals surface area contributed by atoms with Crippen LogP contribution in [0.15, 0.2) is 48.8 Å². The van der Waals surface area contributed by atoms with Crippen molar-refractivity contribution in [3.63, 3.8) is 0 Å². The Labute approximate surface area is 217 Å². The van der Waals surface area contributed by atoms with Crippen molar-refractivity contribution in [2.75, 3.05) is 39.6 Å². The summed E-state index contributed by atoms with van der Waals surface area (Å²) < 4.78 is 18.6. The molecule has 2 amide bonds. The number of carbonyl (C=O) groups is 2. The Balaban J connectivity index is 1.37. The summed E-state index contributed by atoms with van der Waals surface area (Å²) >= 11 is 0. The number of ether oxygens (including phenoxy) is 3. The number of β-amino-alcohol motifs (C(OH)–C–C–N with tert-alkyl or cyclic N) is 1. The van der Waals surface area contributed by atoms with Crippen LogP contribution < -0.4 is 14.8 Å². The van der Waals surface area contributed by atoms with Crippen molar-refractivity contribution in [3.8, 4) is 11.5 Å². The summed E-state index contributed by atoms with van der Waals surface area (Å²) in [7, 11) is 0. The molecule has 7 rings (SSSR count). The van der Waals surface area contributed by atoms with Crippen LogP contribution in [-0.2, 0) is 20.9 Å². The summed E-state index contributed by atoms with van der Waals surface area (Å²) in [6.07, 6.45) is 2.95. The molecule has 10 heteroatoms. The van der Waals surface area contributed by atoms with E-state index in [1.165, 1.54) is 0 Å². The maximum atomic E-state index is 13.3. The molecule has 194 valence electrons. The van der Waals surface area contributed by atoms with E-state index in [2.05, 4.69) is 15.2 Å². The molecule has 3 aliphatic heterocycles. The first kappa shape index (κ1) is 23.0. The first-order valence-corrected chi connectivity index (χ1v) is 12.6. The van der Waals surface area contributed by atoms with Gasteiger partial charge in [0, 0.05) is 72.1 Å². The van der Waals surface area contributed by atoms with E-state index in [1.807, 2.05) is 47.2 Å². The normalized spacial score (nSPS) is 18.7. The number of aliphatic hydroxyl groups excluding tert-OH is 1. The molecule has 5 heterocycles. The summed E-state index contributed by atoms with van der Waals surface area (Å²) in [5.41, 5.74) is 3.53. The number of morpholine rings is 1. The molecule has 1 saturated heterocycles. The molecule has 2 aromatic carbocycles. The second-order valence-electron chi connectivity index (χ2n) is 9.77. The molecule has 3 aliphatic rings. The van der Waals surface area contributed by atoms with E-state index in [9.17, 15) is 14.7 Å². The largest absolute Gasteiger partial charge is 0.454 e. The van der Waals surface area contributed by atoms with Crippen LogP contribution in [0, 0.1) is 0 Å². The van der Waals surface area contributed by atoms with E-state index in [0.29, 0.717) is 60.1 Å². The highest BCUT2D eigenvalue weighted by Crippen LogP contribution is 2.42. The Morgan fingerprint density at radius 3 is 2.47 bits per heavy atom. The smallest absolute Gasteiger partial charge is 0.259 e. The number of fused-ring (bicyclic) bond motifs is 3. The number of aromatic nitrogens is 2. The number of hydrogen-bond donors (Lipinski definition) is 3. The predicted octanol–water partition coefficient (Wildman–Crippen LogP) is 2.11. The second-order valence-corrected chi connectivity index (χ2v) is 9.77. The zero-order valence-electron chi connectivity index (χ0n) is 20.5. The number of benzene rings is 2. The highest BCUT2D eigenvalue weighted by Gasteiger charge is 2.35. The van der Waals surface area contributed by atoms with Crippen molar-refractivity contribution >= 4 is 44.8 Å². The Kier molecular flexibility index (Phi) is 5.46. The van der Waals surface area contributed by atoms with Crippen LogP contribution in [0.4, 0.5) is 0 Å². The van der Waals surface area contributed by atoms with Crippen molar-refractivity contribution in [3.05, 3.63) is 59.9 Å². The number of nitrogens with one attached hydrogen (secondary N) is 2. The van der Waals surface area contributed by atoms with E-state index in [4.69, 9.17) is 14.2 Å². The molecular formula is C28H26N4O6. The molecule has 1 fully saturated rings. The lowest BCUT2D eigenvalue weighted by atomic mass is 9.95. The maximum absolute atomic E-state index is 13.3. The Bertz CT molecular complexity index is 1630. The van der Waals surface area contributed by atoms with Crippen LogP contribution in [0.5, 0.6) is 11.5 Å². The molecule has 0 aliphatic carbocycles. The topological polar surface area (TPSA) is 118 Å². The van der Waals surface area contributed by atoms with Crippen molar-refractivity contribution in [2.24, 2.45) is 0 Å². The molecule has 10 nitrogen and oxygen atoms in total. The Morgan fingerprint density at radius 1 is 0.921 bits per heavy atom. The SMILES string of the molecule is O=C1NC(=O)C(c2cn(CC(O)CN3CCOCC3)c3cc4c(cc23)OCO4)=C1c1c[nH]c2ccccc12. The predicted molar refractivity (Wildman–Crippen MR) is 140 cm³/mol. The summed E-state index contributed by atoms with van der Waals surface area (Å²) in [5.74, 6) is 0.276. The van der Waals surface area contributed by atoms with Gasteiger partial charge in [-0.25, -0.2) is 0 Å². The lowest BCUT2D eigenvalue weighted by Gasteiger charge is -2.28. The van der Waals surface area contributed by atoms with Crippen LogP contribution in [0.25, 0.3) is 33.0 Å². The Morgan fingerprint density at radius 2 is 1.66 bits per heavy atom. The van der Waals surface area contributed by atoms with E-state index >= 15 is 0 Å². The number of para-hydroxylation sites is 1. The first-order valence-electron chi connectivity index (χ1n) is 12.6. The monoisotopic (exact) mass is 514 g/mol. The van der Waals surface area contributed by atoms with Gasteiger partial charge in [-0.1, -0.05) is 18.2 Å². The number of imide groups is 1. The minimum atomic E-state index is -0.650. The van der Waals surface area contributed by atoms with Crippen LogP contribution in [0.2, 0.25) is 0 Å². The van der Waals surface area contributed by atoms with Gasteiger partial charge in [0.05, 0.1) is 36.0 Å². The molecule has 0 spiro atoms. The fourth-order valence-corrected chi connectivity index (χ4v) is 5.64. The number of aromatic amines is 1. The molecule has 0 saturated carbocycles. The number of hydrogen-bond acceptors (Lipinski definition) is 7. The quantitative estimate of drug-likeness (QED) is 0.338. The lowest BCUT2D eigenvalue weighted by Crippen LogP contribution is -2.41. The van der Waals surface area contributed by atoms with Gasteiger partial charge < -0.3 is 28.9 Å². The van der Waals surface area contributed by atoms with Crippen molar-refractivity contribution in [2.45, 2.75) is 12.6 Å². The van der Waals surface area contributed by atoms with E-state index in [0.717, 1.165) is 34.9 Å². The molecule has 38 heavy (non-hydrogen) atoms. The van der Waals surface area contributed by atoms with Gasteiger partial charge in [0.1, 0.15) is 0 Å². The van der Waals surface area contributed by atoms with E-state index in [-0.39, 0.29) is 6.79 Å². The van der Waals surface area contributed by atoms with Crippen LogP contribution in [-0.4, -0.2) is 77.1 Å². The average Bonchev–Trinajstić information content (AvgIpc) is 3.68. The molecule has 3 N–H and O–H groups in total. The number of carbonyl (C=O) groups excluding carboxylic acids is 2. The molecule has 1 unspecified atom stereocenters. The zero-order chi connectivity index (χ0) is 25.8. The molecule has 2 aromatic heterocycles. The van der Waals surface area contributed by atoms with Crippen molar-refractivity contribution in [1.29, 1.82) is 0 Å². The number of amides is 2. The first-order chi connectivity index (χ1) is 18.6. The molecule has 1 atom stereocenters. The van der Waals surface area contributed by atoms with Crippen molar-refractivity contribution in [1.82, 2.24) is 19.8 Å². The zero-order valence-corrected chi connectivity index (χ0v) is 20.5. The lowest BCUT2D eigenvalue weighted by molar-refractivity contribution is -0.122. The van der Waals surface area contributed by atoms with Gasteiger partial charge >= 0.3 is 0 Å². The summed E-state index contributed by atoms with van der Waals surface area (Å²) in [6, 6.07) is 11.4. The van der Waals surface area contributed by atoms with Gasteiger partial charge in [0.2, 0.25) is 6.79 Å². The van der Waals surface area contributed by atoms with Gasteiger partial charge in [-0.05, 0) is 12.1 Å². The third kappa shape index (κ3) is 3.76. The molecule has 0 bridgehead atoms. The maximum Gasteiger partial charge on any atom is 0.259 e. The summed E-state index contributed by atoms with van der Waals surface area (Å²) in [4.78, 5) is 31.8. The minimum Gasteiger partial charge on any atom is -0.454 e. The van der Waals surface area contributed by atoms with Gasteiger partial charge in [-0.3, -0.25) is 19.8 Å². The second kappa shape index (κ2) is 9.02. The fourth-order valence-electron chi connectivity index (χ4n) is 5.64. The summed E-state index contributed by atoms with van der Waals surface area (Å²) in [5, 5.41) is 15.1. The number of H-pyrrole nitrogens is 1. The average molecular weight is 515 g/mol. The number of nitrogens with zero attached hydrogens (tertiary/aromatic N) is 2. The van der Waals surface area contributed by atoms with Gasteiger partial charge in [-0.15, -0.1) is 0 Å². The van der Waals surface area contributed by atoms with Gasteiger partial charge in [-0.2, -0.15) is 0 Å². The number of aliphatic hydroxyl groups is 1. The number of rotatable bonds is 6. The van der Waals surface area contributed by atoms with Crippen LogP contribution in [0.1, 0.15) is 11.1 Å². The van der Waals surface area contributed by atoms with Crippen LogP contribution >= 0.6 is 0 Å². The van der Waals surface area contributed by atoms with Crippen LogP contribution in [0.3, 0.4) is 0 Å². The van der Waals surface area contributed by atoms with Gasteiger partial charge in [0.15, 0.2) is 11.5 Å². The molecular weight excluding hydrogens is 488 g/mol. The van der Waals surface area contributed by atoms with E-state index < -0.39 is 17.9 Å². The third-order valence-electron chi connectivity index (χ3n) is 7.41.